The van der Waals surface area contributed by atoms with Crippen LogP contribution in [0.25, 0.3) is 0 Å². The molecule has 5 saturated carbocycles. The lowest BCUT2D eigenvalue weighted by atomic mass is 9.53. The second-order valence-corrected chi connectivity index (χ2v) is 10.8. The number of rotatable bonds is 2. The molecule has 5 aliphatic carbocycles. The van der Waals surface area contributed by atoms with Crippen LogP contribution in [0.15, 0.2) is 18.7 Å². The van der Waals surface area contributed by atoms with Crippen LogP contribution < -0.4 is 17.0 Å². The lowest BCUT2D eigenvalue weighted by Gasteiger charge is -2.54. The molecule has 1 heterocycles. The molecule has 0 aliphatic heterocycles. The van der Waals surface area contributed by atoms with Crippen molar-refractivity contribution < 1.29 is 17.0 Å². The van der Waals surface area contributed by atoms with Crippen LogP contribution >= 0.6 is 0 Å². The molecule has 0 unspecified atom stereocenters. The lowest BCUT2D eigenvalue weighted by molar-refractivity contribution is -0.724. The van der Waals surface area contributed by atoms with Crippen LogP contribution in [-0.2, 0) is 5.54 Å². The highest BCUT2D eigenvalue weighted by molar-refractivity contribution is 5.05. The van der Waals surface area contributed by atoms with E-state index in [0.29, 0.717) is 5.54 Å². The van der Waals surface area contributed by atoms with Crippen molar-refractivity contribution in [2.24, 2.45) is 17.8 Å². The summed E-state index contributed by atoms with van der Waals surface area (Å²) in [6.07, 6.45) is 32.4. The van der Waals surface area contributed by atoms with Crippen LogP contribution in [0, 0.1) is 17.8 Å². The molecule has 5 aliphatic rings. The Kier molecular flexibility index (Phi) is 6.75. The SMILES string of the molecule is [Cl-].c1c[n+](C2CCCCCCCCCCC2)cn1C12CC3CC(CC(C3)C1)C2. The average molecular weight is 405 g/mol. The molecule has 0 radical (unpaired) electrons. The number of halogens is 1. The Morgan fingerprint density at radius 3 is 1.64 bits per heavy atom. The first-order chi connectivity index (χ1) is 13.3. The van der Waals surface area contributed by atoms with Crippen molar-refractivity contribution in [3.63, 3.8) is 0 Å². The largest absolute Gasteiger partial charge is 1.00 e. The summed E-state index contributed by atoms with van der Waals surface area (Å²) in [6, 6.07) is 0.750. The first kappa shape index (κ1) is 20.8. The molecule has 0 spiro atoms. The highest BCUT2D eigenvalue weighted by Crippen LogP contribution is 2.58. The zero-order chi connectivity index (χ0) is 18.1. The van der Waals surface area contributed by atoms with Gasteiger partial charge in [0.2, 0.25) is 6.33 Å². The molecule has 0 amide bonds. The van der Waals surface area contributed by atoms with Gasteiger partial charge in [-0.3, -0.25) is 0 Å². The molecule has 3 heteroatoms. The van der Waals surface area contributed by atoms with Crippen molar-refractivity contribution in [2.75, 3.05) is 0 Å². The van der Waals surface area contributed by atoms with Crippen LogP contribution in [0.3, 0.4) is 0 Å². The van der Waals surface area contributed by atoms with Crippen LogP contribution in [0.1, 0.15) is 115 Å². The summed E-state index contributed by atoms with van der Waals surface area (Å²) in [5.74, 6) is 3.11. The first-order valence-corrected chi connectivity index (χ1v) is 12.4. The minimum atomic E-state index is 0. The quantitative estimate of drug-likeness (QED) is 0.666. The maximum Gasteiger partial charge on any atom is 0.244 e. The van der Waals surface area contributed by atoms with Gasteiger partial charge in [-0.25, -0.2) is 9.13 Å². The van der Waals surface area contributed by atoms with E-state index in [4.69, 9.17) is 0 Å². The summed E-state index contributed by atoms with van der Waals surface area (Å²) < 4.78 is 5.33. The summed E-state index contributed by atoms with van der Waals surface area (Å²) in [6.45, 7) is 0. The standard InChI is InChI=1S/C25H41N2.ClH/c1-2-4-6-8-10-24(11-9-7-5-3-1)26-12-13-27(20-26)25-17-21-14-22(18-25)16-23(15-21)19-25;/h12-13,20-24H,1-11,14-19H2;1H/q+1;/p-1. The number of aromatic nitrogens is 2. The molecule has 5 fully saturated rings. The molecule has 2 nitrogen and oxygen atoms in total. The lowest BCUT2D eigenvalue weighted by Crippen LogP contribution is -3.00. The monoisotopic (exact) mass is 404 g/mol. The van der Waals surface area contributed by atoms with Gasteiger partial charge in [0.1, 0.15) is 24.0 Å². The Hall–Kier alpha value is -0.500. The van der Waals surface area contributed by atoms with E-state index in [1.54, 1.807) is 19.3 Å². The summed E-state index contributed by atoms with van der Waals surface area (Å²) >= 11 is 0. The highest BCUT2D eigenvalue weighted by Gasteiger charge is 2.54. The zero-order valence-corrected chi connectivity index (χ0v) is 18.6. The van der Waals surface area contributed by atoms with Gasteiger partial charge < -0.3 is 12.4 Å². The molecule has 0 N–H and O–H groups in total. The van der Waals surface area contributed by atoms with E-state index in [-0.39, 0.29) is 12.4 Å². The Morgan fingerprint density at radius 2 is 1.14 bits per heavy atom. The van der Waals surface area contributed by atoms with Crippen molar-refractivity contribution in [2.45, 2.75) is 121 Å². The van der Waals surface area contributed by atoms with Gasteiger partial charge in [0, 0.05) is 0 Å². The Bertz CT molecular complexity index is 575. The molecular weight excluding hydrogens is 364 g/mol. The van der Waals surface area contributed by atoms with Crippen LogP contribution in [0.2, 0.25) is 0 Å². The number of hydrogen-bond donors (Lipinski definition) is 0. The van der Waals surface area contributed by atoms with E-state index in [0.717, 1.165) is 23.8 Å². The molecule has 28 heavy (non-hydrogen) atoms. The minimum Gasteiger partial charge on any atom is -1.00 e. The molecule has 1 aromatic heterocycles. The van der Waals surface area contributed by atoms with E-state index in [2.05, 4.69) is 27.9 Å². The second-order valence-electron chi connectivity index (χ2n) is 10.8. The fraction of sp³-hybridized carbons (Fsp3) is 0.880. The van der Waals surface area contributed by atoms with E-state index in [1.165, 1.54) is 89.9 Å². The third kappa shape index (κ3) is 4.32. The predicted molar refractivity (Wildman–Crippen MR) is 111 cm³/mol. The molecule has 6 rings (SSSR count). The number of hydrogen-bond acceptors (Lipinski definition) is 0. The van der Waals surface area contributed by atoms with Gasteiger partial charge in [-0.15, -0.1) is 0 Å². The Balaban J connectivity index is 0.00000192. The van der Waals surface area contributed by atoms with Gasteiger partial charge in [-0.05, 0) is 82.0 Å². The maximum absolute atomic E-state index is 2.70. The van der Waals surface area contributed by atoms with Crippen molar-refractivity contribution in [1.82, 2.24) is 4.57 Å². The van der Waals surface area contributed by atoms with Crippen LogP contribution in [0.5, 0.6) is 0 Å². The third-order valence-corrected chi connectivity index (χ3v) is 8.71. The summed E-state index contributed by atoms with van der Waals surface area (Å²) in [5.41, 5.74) is 0.491. The van der Waals surface area contributed by atoms with Gasteiger partial charge in [-0.2, -0.15) is 0 Å². The molecule has 4 bridgehead atoms. The summed E-state index contributed by atoms with van der Waals surface area (Å²) in [7, 11) is 0. The smallest absolute Gasteiger partial charge is 0.244 e. The van der Waals surface area contributed by atoms with Gasteiger partial charge in [0.25, 0.3) is 0 Å². The fourth-order valence-electron chi connectivity index (χ4n) is 7.69. The van der Waals surface area contributed by atoms with E-state index in [9.17, 15) is 0 Å². The van der Waals surface area contributed by atoms with E-state index >= 15 is 0 Å². The summed E-state index contributed by atoms with van der Waals surface area (Å²) in [4.78, 5) is 0. The average Bonchev–Trinajstić information content (AvgIpc) is 3.12. The third-order valence-electron chi connectivity index (χ3n) is 8.71. The van der Waals surface area contributed by atoms with Gasteiger partial charge in [0.05, 0.1) is 0 Å². The molecule has 0 atom stereocenters. The highest BCUT2D eigenvalue weighted by atomic mass is 35.5. The first-order valence-electron chi connectivity index (χ1n) is 12.4. The van der Waals surface area contributed by atoms with Crippen molar-refractivity contribution >= 4 is 0 Å². The molecule has 158 valence electrons. The Labute approximate surface area is 178 Å². The van der Waals surface area contributed by atoms with E-state index < -0.39 is 0 Å². The second kappa shape index (κ2) is 9.11. The van der Waals surface area contributed by atoms with Crippen LogP contribution in [-0.4, -0.2) is 4.57 Å². The fourth-order valence-corrected chi connectivity index (χ4v) is 7.69. The van der Waals surface area contributed by atoms with E-state index in [1.807, 2.05) is 0 Å². The molecule has 0 saturated heterocycles. The summed E-state index contributed by atoms with van der Waals surface area (Å²) in [5, 5.41) is 0. The topological polar surface area (TPSA) is 8.81 Å². The molecule has 1 aromatic rings. The molecule has 0 aromatic carbocycles. The predicted octanol–water partition coefficient (Wildman–Crippen LogP) is 3.55. The van der Waals surface area contributed by atoms with Crippen LogP contribution in [0.4, 0.5) is 0 Å². The minimum absolute atomic E-state index is 0. The van der Waals surface area contributed by atoms with Gasteiger partial charge >= 0.3 is 0 Å². The maximum atomic E-state index is 2.70. The number of nitrogens with zero attached hydrogens (tertiary/aromatic N) is 2. The van der Waals surface area contributed by atoms with Gasteiger partial charge in [0.15, 0.2) is 0 Å². The zero-order valence-electron chi connectivity index (χ0n) is 17.8. The van der Waals surface area contributed by atoms with Crippen molar-refractivity contribution in [1.29, 1.82) is 0 Å². The molecular formula is C25H41ClN2. The Morgan fingerprint density at radius 1 is 0.679 bits per heavy atom. The van der Waals surface area contributed by atoms with Gasteiger partial charge in [-0.1, -0.05) is 44.9 Å². The normalized spacial score (nSPS) is 37.1. The van der Waals surface area contributed by atoms with Crippen molar-refractivity contribution in [3.05, 3.63) is 18.7 Å². The van der Waals surface area contributed by atoms with Crippen molar-refractivity contribution in [3.8, 4) is 0 Å². The number of imidazole rings is 1.